The highest BCUT2D eigenvalue weighted by Crippen LogP contribution is 2.27. The summed E-state index contributed by atoms with van der Waals surface area (Å²) in [6.07, 6.45) is 7.73. The van der Waals surface area contributed by atoms with Crippen molar-refractivity contribution in [2.75, 3.05) is 20.8 Å². The number of rotatable bonds is 9. The summed E-state index contributed by atoms with van der Waals surface area (Å²) in [6.45, 7) is 4.08. The van der Waals surface area contributed by atoms with Gasteiger partial charge in [0.05, 0.1) is 20.8 Å². The van der Waals surface area contributed by atoms with Gasteiger partial charge >= 0.3 is 5.97 Å². The Labute approximate surface area is 126 Å². The van der Waals surface area contributed by atoms with Crippen LogP contribution in [0.25, 0.3) is 6.08 Å². The zero-order valence-electron chi connectivity index (χ0n) is 12.6. The molecule has 0 aromatic heterocycles. The third kappa shape index (κ3) is 6.17. The van der Waals surface area contributed by atoms with E-state index in [0.29, 0.717) is 18.1 Å². The van der Waals surface area contributed by atoms with Crippen LogP contribution in [0.1, 0.15) is 24.8 Å². The lowest BCUT2D eigenvalue weighted by atomic mass is 10.2. The topological polar surface area (TPSA) is 44.8 Å². The molecule has 0 amide bonds. The van der Waals surface area contributed by atoms with Gasteiger partial charge in [0, 0.05) is 6.08 Å². The third-order valence-electron chi connectivity index (χ3n) is 2.87. The fourth-order valence-electron chi connectivity index (χ4n) is 1.73. The maximum Gasteiger partial charge on any atom is 0.330 e. The molecule has 0 atom stereocenters. The van der Waals surface area contributed by atoms with E-state index in [1.807, 2.05) is 12.1 Å². The van der Waals surface area contributed by atoms with Crippen LogP contribution in [0.3, 0.4) is 0 Å². The fourth-order valence-corrected chi connectivity index (χ4v) is 1.73. The number of allylic oxidation sites excluding steroid dienone is 1. The van der Waals surface area contributed by atoms with Gasteiger partial charge in [-0.1, -0.05) is 12.1 Å². The first kappa shape index (κ1) is 16.8. The van der Waals surface area contributed by atoms with Gasteiger partial charge < -0.3 is 14.2 Å². The molecular formula is C17H22O4. The standard InChI is InChI=1S/C17H22O4/c1-4-5-6-7-12-21-17(18)11-9-14-8-10-15(19-2)16(13-14)20-3/h4,8-11,13H,1,5-7,12H2,2-3H3/b11-9+. The molecule has 0 N–H and O–H groups in total. The molecule has 1 rings (SSSR count). The summed E-state index contributed by atoms with van der Waals surface area (Å²) in [7, 11) is 3.15. The Morgan fingerprint density at radius 2 is 1.95 bits per heavy atom. The SMILES string of the molecule is C=CCCCCOC(=O)/C=C/c1ccc(OC)c(OC)c1. The van der Waals surface area contributed by atoms with Gasteiger partial charge in [-0.3, -0.25) is 0 Å². The second-order valence-corrected chi connectivity index (χ2v) is 4.40. The first-order valence-corrected chi connectivity index (χ1v) is 6.89. The highest BCUT2D eigenvalue weighted by atomic mass is 16.5. The summed E-state index contributed by atoms with van der Waals surface area (Å²) in [5, 5.41) is 0. The molecule has 0 aliphatic heterocycles. The number of carbonyl (C=O) groups is 1. The van der Waals surface area contributed by atoms with E-state index in [2.05, 4.69) is 6.58 Å². The van der Waals surface area contributed by atoms with Crippen LogP contribution in [-0.2, 0) is 9.53 Å². The molecule has 0 bridgehead atoms. The Morgan fingerprint density at radius 3 is 2.62 bits per heavy atom. The largest absolute Gasteiger partial charge is 0.493 e. The van der Waals surface area contributed by atoms with Gasteiger partial charge in [-0.05, 0) is 43.0 Å². The van der Waals surface area contributed by atoms with Gasteiger partial charge in [0.25, 0.3) is 0 Å². The molecule has 0 heterocycles. The second kappa shape index (κ2) is 9.64. The van der Waals surface area contributed by atoms with Crippen LogP contribution < -0.4 is 9.47 Å². The van der Waals surface area contributed by atoms with E-state index in [1.165, 1.54) is 6.08 Å². The molecule has 0 saturated carbocycles. The molecule has 0 fully saturated rings. The van der Waals surface area contributed by atoms with Crippen LogP contribution in [-0.4, -0.2) is 26.8 Å². The molecule has 4 heteroatoms. The minimum atomic E-state index is -0.344. The lowest BCUT2D eigenvalue weighted by molar-refractivity contribution is -0.137. The highest BCUT2D eigenvalue weighted by molar-refractivity contribution is 5.87. The number of hydrogen-bond acceptors (Lipinski definition) is 4. The molecular weight excluding hydrogens is 268 g/mol. The Hall–Kier alpha value is -2.23. The molecule has 0 aliphatic rings. The van der Waals surface area contributed by atoms with Crippen LogP contribution in [0.2, 0.25) is 0 Å². The average molecular weight is 290 g/mol. The number of ether oxygens (including phenoxy) is 3. The summed E-state index contributed by atoms with van der Waals surface area (Å²) >= 11 is 0. The Bertz CT molecular complexity index is 492. The van der Waals surface area contributed by atoms with Gasteiger partial charge in [-0.15, -0.1) is 6.58 Å². The van der Waals surface area contributed by atoms with Crippen molar-refractivity contribution in [3.05, 3.63) is 42.5 Å². The first-order chi connectivity index (χ1) is 10.2. The van der Waals surface area contributed by atoms with Crippen molar-refractivity contribution in [3.63, 3.8) is 0 Å². The highest BCUT2D eigenvalue weighted by Gasteiger charge is 2.03. The molecule has 4 nitrogen and oxygen atoms in total. The first-order valence-electron chi connectivity index (χ1n) is 6.89. The van der Waals surface area contributed by atoms with Crippen molar-refractivity contribution in [1.29, 1.82) is 0 Å². The molecule has 0 aliphatic carbocycles. The predicted octanol–water partition coefficient (Wildman–Crippen LogP) is 3.62. The van der Waals surface area contributed by atoms with Gasteiger partial charge in [0.2, 0.25) is 0 Å². The van der Waals surface area contributed by atoms with E-state index >= 15 is 0 Å². The monoisotopic (exact) mass is 290 g/mol. The summed E-state index contributed by atoms with van der Waals surface area (Å²) in [5.41, 5.74) is 0.844. The van der Waals surface area contributed by atoms with Crippen LogP contribution in [0.5, 0.6) is 11.5 Å². The molecule has 0 saturated heterocycles. The van der Waals surface area contributed by atoms with E-state index < -0.39 is 0 Å². The molecule has 1 aromatic rings. The molecule has 1 aromatic carbocycles. The maximum atomic E-state index is 11.5. The van der Waals surface area contributed by atoms with E-state index in [1.54, 1.807) is 32.4 Å². The molecule has 0 unspecified atom stereocenters. The zero-order valence-corrected chi connectivity index (χ0v) is 12.6. The van der Waals surface area contributed by atoms with Gasteiger partial charge in [-0.25, -0.2) is 4.79 Å². The molecule has 21 heavy (non-hydrogen) atoms. The van der Waals surface area contributed by atoms with Crippen molar-refractivity contribution in [1.82, 2.24) is 0 Å². The predicted molar refractivity (Wildman–Crippen MR) is 83.6 cm³/mol. The second-order valence-electron chi connectivity index (χ2n) is 4.40. The van der Waals surface area contributed by atoms with Gasteiger partial charge in [0.1, 0.15) is 0 Å². The van der Waals surface area contributed by atoms with E-state index in [9.17, 15) is 4.79 Å². The number of benzene rings is 1. The summed E-state index contributed by atoms with van der Waals surface area (Å²) in [4.78, 5) is 11.5. The number of carbonyl (C=O) groups excluding carboxylic acids is 1. The third-order valence-corrected chi connectivity index (χ3v) is 2.87. The Morgan fingerprint density at radius 1 is 1.19 bits per heavy atom. The smallest absolute Gasteiger partial charge is 0.330 e. The van der Waals surface area contributed by atoms with Crippen molar-refractivity contribution in [3.8, 4) is 11.5 Å². The maximum absolute atomic E-state index is 11.5. The molecule has 114 valence electrons. The Kier molecular flexibility index (Phi) is 7.72. The van der Waals surface area contributed by atoms with Crippen LogP contribution in [0, 0.1) is 0 Å². The van der Waals surface area contributed by atoms with Crippen molar-refractivity contribution in [2.24, 2.45) is 0 Å². The number of hydrogen-bond donors (Lipinski definition) is 0. The summed E-state index contributed by atoms with van der Waals surface area (Å²) in [5.74, 6) is 0.931. The lowest BCUT2D eigenvalue weighted by Gasteiger charge is -2.07. The minimum absolute atomic E-state index is 0.344. The number of methoxy groups -OCH3 is 2. The van der Waals surface area contributed by atoms with Crippen molar-refractivity contribution >= 4 is 12.0 Å². The van der Waals surface area contributed by atoms with Gasteiger partial charge in [0.15, 0.2) is 11.5 Å². The van der Waals surface area contributed by atoms with Crippen molar-refractivity contribution in [2.45, 2.75) is 19.3 Å². The van der Waals surface area contributed by atoms with Crippen LogP contribution >= 0.6 is 0 Å². The molecule has 0 radical (unpaired) electrons. The number of esters is 1. The van der Waals surface area contributed by atoms with Crippen LogP contribution in [0.4, 0.5) is 0 Å². The average Bonchev–Trinajstić information content (AvgIpc) is 2.52. The zero-order chi connectivity index (χ0) is 15.5. The van der Waals surface area contributed by atoms with Gasteiger partial charge in [-0.2, -0.15) is 0 Å². The number of unbranched alkanes of at least 4 members (excludes halogenated alkanes) is 2. The van der Waals surface area contributed by atoms with E-state index in [0.717, 1.165) is 24.8 Å². The van der Waals surface area contributed by atoms with Crippen LogP contribution in [0.15, 0.2) is 36.9 Å². The minimum Gasteiger partial charge on any atom is -0.493 e. The molecule has 0 spiro atoms. The quantitative estimate of drug-likeness (QED) is 0.301. The van der Waals surface area contributed by atoms with E-state index in [4.69, 9.17) is 14.2 Å². The van der Waals surface area contributed by atoms with Crippen molar-refractivity contribution < 1.29 is 19.0 Å². The fraction of sp³-hybridized carbons (Fsp3) is 0.353. The van der Waals surface area contributed by atoms with E-state index in [-0.39, 0.29) is 5.97 Å². The normalized spacial score (nSPS) is 10.4. The summed E-state index contributed by atoms with van der Waals surface area (Å²) in [6, 6.07) is 5.43. The summed E-state index contributed by atoms with van der Waals surface area (Å²) < 4.78 is 15.5. The lowest BCUT2D eigenvalue weighted by Crippen LogP contribution is -2.02. The Balaban J connectivity index is 2.48.